The zero-order valence-electron chi connectivity index (χ0n) is 12.3. The van der Waals surface area contributed by atoms with E-state index in [4.69, 9.17) is 4.74 Å². The van der Waals surface area contributed by atoms with E-state index in [1.54, 1.807) is 0 Å². The fourth-order valence-electron chi connectivity index (χ4n) is 2.67. The van der Waals surface area contributed by atoms with Gasteiger partial charge in [0.05, 0.1) is 0 Å². The summed E-state index contributed by atoms with van der Waals surface area (Å²) in [6.07, 6.45) is 6.06. The van der Waals surface area contributed by atoms with Crippen LogP contribution in [0.25, 0.3) is 10.9 Å². The van der Waals surface area contributed by atoms with Crippen LogP contribution in [0.15, 0.2) is 30.5 Å². The van der Waals surface area contributed by atoms with E-state index in [9.17, 15) is 0 Å². The van der Waals surface area contributed by atoms with Crippen molar-refractivity contribution in [2.75, 3.05) is 13.2 Å². The first kappa shape index (κ1) is 13.7. The molecule has 0 bridgehead atoms. The molecule has 0 spiro atoms. The molecule has 0 unspecified atom stereocenters. The number of aromatic nitrogens is 1. The lowest BCUT2D eigenvalue weighted by Crippen LogP contribution is -2.14. The minimum Gasteiger partial charge on any atom is -0.382 e. The zero-order chi connectivity index (χ0) is 13.8. The minimum absolute atomic E-state index is 0.759. The summed E-state index contributed by atoms with van der Waals surface area (Å²) in [4.78, 5) is 0. The van der Waals surface area contributed by atoms with Crippen molar-refractivity contribution in [1.29, 1.82) is 0 Å². The third-order valence-corrected chi connectivity index (χ3v) is 3.92. The molecule has 3 heteroatoms. The van der Waals surface area contributed by atoms with Crippen molar-refractivity contribution >= 4 is 10.9 Å². The van der Waals surface area contributed by atoms with E-state index in [0.717, 1.165) is 38.8 Å². The molecule has 0 radical (unpaired) electrons. The Morgan fingerprint density at radius 3 is 2.95 bits per heavy atom. The van der Waals surface area contributed by atoms with Crippen LogP contribution in [0.1, 0.15) is 31.7 Å². The molecule has 0 aliphatic heterocycles. The third-order valence-electron chi connectivity index (χ3n) is 3.92. The summed E-state index contributed by atoms with van der Waals surface area (Å²) in [5, 5.41) is 5.00. The molecule has 1 fully saturated rings. The maximum Gasteiger partial charge on any atom is 0.0483 e. The third kappa shape index (κ3) is 3.22. The summed E-state index contributed by atoms with van der Waals surface area (Å²) in [6, 6.07) is 9.47. The fraction of sp³-hybridized carbons (Fsp3) is 0.529. The highest BCUT2D eigenvalue weighted by atomic mass is 16.5. The second-order valence-electron chi connectivity index (χ2n) is 5.57. The Labute approximate surface area is 120 Å². The molecular weight excluding hydrogens is 248 g/mol. The molecule has 1 saturated carbocycles. The lowest BCUT2D eigenvalue weighted by atomic mass is 10.2. The van der Waals surface area contributed by atoms with Gasteiger partial charge in [-0.3, -0.25) is 0 Å². The average molecular weight is 272 g/mol. The Kier molecular flexibility index (Phi) is 4.38. The molecule has 3 nitrogen and oxygen atoms in total. The Hall–Kier alpha value is -1.32. The zero-order valence-corrected chi connectivity index (χ0v) is 12.3. The first-order chi connectivity index (χ1) is 9.88. The van der Waals surface area contributed by atoms with Gasteiger partial charge in [0.15, 0.2) is 0 Å². The second kappa shape index (κ2) is 6.42. The topological polar surface area (TPSA) is 26.2 Å². The number of para-hydroxylation sites is 1. The number of hydrogen-bond acceptors (Lipinski definition) is 2. The van der Waals surface area contributed by atoms with Crippen LogP contribution in [0.4, 0.5) is 0 Å². The van der Waals surface area contributed by atoms with Gasteiger partial charge in [-0.05, 0) is 37.8 Å². The summed E-state index contributed by atoms with van der Waals surface area (Å²) < 4.78 is 7.81. The van der Waals surface area contributed by atoms with Gasteiger partial charge in [-0.25, -0.2) is 0 Å². The van der Waals surface area contributed by atoms with Crippen molar-refractivity contribution < 1.29 is 4.74 Å². The Bertz CT molecular complexity index is 557. The largest absolute Gasteiger partial charge is 0.382 e. The van der Waals surface area contributed by atoms with Crippen molar-refractivity contribution in [3.05, 3.63) is 36.0 Å². The Morgan fingerprint density at radius 1 is 1.30 bits per heavy atom. The SMILES string of the molecule is CCOCCCn1cc(CNC2CC2)c2ccccc21. The number of fused-ring (bicyclic) bond motifs is 1. The highest BCUT2D eigenvalue weighted by molar-refractivity contribution is 5.83. The van der Waals surface area contributed by atoms with Gasteiger partial charge in [-0.1, -0.05) is 18.2 Å². The number of aryl methyl sites for hydroxylation is 1. The molecule has 1 aromatic carbocycles. The van der Waals surface area contributed by atoms with Crippen molar-refractivity contribution in [3.8, 4) is 0 Å². The molecule has 1 aromatic heterocycles. The van der Waals surface area contributed by atoms with Crippen LogP contribution in [0, 0.1) is 0 Å². The van der Waals surface area contributed by atoms with Crippen molar-refractivity contribution in [1.82, 2.24) is 9.88 Å². The molecule has 0 saturated heterocycles. The van der Waals surface area contributed by atoms with E-state index in [1.807, 2.05) is 6.92 Å². The molecule has 3 rings (SSSR count). The fourth-order valence-corrected chi connectivity index (χ4v) is 2.67. The van der Waals surface area contributed by atoms with E-state index in [2.05, 4.69) is 40.3 Å². The summed E-state index contributed by atoms with van der Waals surface area (Å²) in [6.45, 7) is 5.72. The van der Waals surface area contributed by atoms with Crippen molar-refractivity contribution in [3.63, 3.8) is 0 Å². The van der Waals surface area contributed by atoms with E-state index in [0.29, 0.717) is 0 Å². The summed E-state index contributed by atoms with van der Waals surface area (Å²) in [5.41, 5.74) is 2.76. The monoisotopic (exact) mass is 272 g/mol. The van der Waals surface area contributed by atoms with Crippen LogP contribution in [0.3, 0.4) is 0 Å². The predicted octanol–water partition coefficient (Wildman–Crippen LogP) is 3.32. The first-order valence-electron chi connectivity index (χ1n) is 7.76. The summed E-state index contributed by atoms with van der Waals surface area (Å²) >= 11 is 0. The lowest BCUT2D eigenvalue weighted by Gasteiger charge is -2.05. The van der Waals surface area contributed by atoms with Crippen LogP contribution >= 0.6 is 0 Å². The van der Waals surface area contributed by atoms with E-state index < -0.39 is 0 Å². The quantitative estimate of drug-likeness (QED) is 0.746. The number of nitrogens with one attached hydrogen (secondary N) is 1. The minimum atomic E-state index is 0.759. The number of benzene rings is 1. The molecule has 1 N–H and O–H groups in total. The number of ether oxygens (including phenoxy) is 1. The smallest absolute Gasteiger partial charge is 0.0483 e. The molecule has 1 aliphatic carbocycles. The summed E-state index contributed by atoms with van der Waals surface area (Å²) in [5.74, 6) is 0. The number of nitrogens with zero attached hydrogens (tertiary/aromatic N) is 1. The van der Waals surface area contributed by atoms with Gasteiger partial charge in [0.25, 0.3) is 0 Å². The Balaban J connectivity index is 1.72. The lowest BCUT2D eigenvalue weighted by molar-refractivity contribution is 0.142. The van der Waals surface area contributed by atoms with Crippen LogP contribution in [-0.2, 0) is 17.8 Å². The van der Waals surface area contributed by atoms with E-state index in [1.165, 1.54) is 29.3 Å². The van der Waals surface area contributed by atoms with Crippen LogP contribution < -0.4 is 5.32 Å². The van der Waals surface area contributed by atoms with E-state index in [-0.39, 0.29) is 0 Å². The van der Waals surface area contributed by atoms with Crippen LogP contribution in [0.5, 0.6) is 0 Å². The highest BCUT2D eigenvalue weighted by Crippen LogP contribution is 2.24. The van der Waals surface area contributed by atoms with Crippen LogP contribution in [0.2, 0.25) is 0 Å². The van der Waals surface area contributed by atoms with Gasteiger partial charge < -0.3 is 14.6 Å². The molecular formula is C17H24N2O. The standard InChI is InChI=1S/C17H24N2O/c1-2-20-11-5-10-19-13-14(12-18-15-8-9-15)16-6-3-4-7-17(16)19/h3-4,6-7,13,15,18H,2,5,8-12H2,1H3. The van der Waals surface area contributed by atoms with Crippen molar-refractivity contribution in [2.45, 2.75) is 45.3 Å². The highest BCUT2D eigenvalue weighted by Gasteiger charge is 2.20. The van der Waals surface area contributed by atoms with Crippen LogP contribution in [-0.4, -0.2) is 23.8 Å². The molecule has 108 valence electrons. The molecule has 1 heterocycles. The van der Waals surface area contributed by atoms with Crippen molar-refractivity contribution in [2.24, 2.45) is 0 Å². The maximum atomic E-state index is 5.44. The number of rotatable bonds is 8. The summed E-state index contributed by atoms with van der Waals surface area (Å²) in [7, 11) is 0. The van der Waals surface area contributed by atoms with Gasteiger partial charge in [-0.15, -0.1) is 0 Å². The van der Waals surface area contributed by atoms with Gasteiger partial charge in [0, 0.05) is 49.4 Å². The maximum absolute atomic E-state index is 5.44. The number of hydrogen-bond donors (Lipinski definition) is 1. The second-order valence-corrected chi connectivity index (χ2v) is 5.57. The van der Waals surface area contributed by atoms with E-state index >= 15 is 0 Å². The van der Waals surface area contributed by atoms with Gasteiger partial charge in [0.2, 0.25) is 0 Å². The van der Waals surface area contributed by atoms with Gasteiger partial charge in [0.1, 0.15) is 0 Å². The molecule has 0 amide bonds. The molecule has 2 aromatic rings. The molecule has 1 aliphatic rings. The predicted molar refractivity (Wildman–Crippen MR) is 82.9 cm³/mol. The molecule has 0 atom stereocenters. The average Bonchev–Trinajstić information content (AvgIpc) is 3.24. The van der Waals surface area contributed by atoms with Gasteiger partial charge >= 0.3 is 0 Å². The normalized spacial score (nSPS) is 15.1. The first-order valence-corrected chi connectivity index (χ1v) is 7.76. The Morgan fingerprint density at radius 2 is 2.15 bits per heavy atom. The molecule has 20 heavy (non-hydrogen) atoms. The van der Waals surface area contributed by atoms with Gasteiger partial charge in [-0.2, -0.15) is 0 Å².